The number of allylic oxidation sites excluding steroid dienone is 1. The third-order valence-corrected chi connectivity index (χ3v) is 9.27. The lowest BCUT2D eigenvalue weighted by molar-refractivity contribution is 0.433. The molecule has 1 unspecified atom stereocenters. The average molecular weight is 566 g/mol. The van der Waals surface area contributed by atoms with E-state index in [1.165, 1.54) is 71.6 Å². The van der Waals surface area contributed by atoms with Crippen molar-refractivity contribution in [2.75, 3.05) is 0 Å². The van der Waals surface area contributed by atoms with E-state index in [2.05, 4.69) is 166 Å². The summed E-state index contributed by atoms with van der Waals surface area (Å²) in [5, 5.41) is 8.74. The summed E-state index contributed by atoms with van der Waals surface area (Å²) in [7, 11) is 0. The van der Waals surface area contributed by atoms with Gasteiger partial charge < -0.3 is 14.5 Å². The maximum absolute atomic E-state index is 3.60. The first-order valence-corrected chi connectivity index (χ1v) is 15.5. The molecular formula is C41H31N3. The highest BCUT2D eigenvalue weighted by atomic mass is 15.2. The zero-order valence-corrected chi connectivity index (χ0v) is 24.3. The largest absolute Gasteiger partial charge is 0.371 e. The van der Waals surface area contributed by atoms with Crippen LogP contribution in [0.5, 0.6) is 0 Å². The molecule has 0 fully saturated rings. The Balaban J connectivity index is 1.18. The van der Waals surface area contributed by atoms with Crippen molar-refractivity contribution in [1.29, 1.82) is 0 Å². The Morgan fingerprint density at radius 3 is 1.75 bits per heavy atom. The predicted octanol–water partition coefficient (Wildman–Crippen LogP) is 10.6. The molecule has 1 aliphatic heterocycles. The van der Waals surface area contributed by atoms with E-state index in [0.29, 0.717) is 0 Å². The quantitative estimate of drug-likeness (QED) is 0.225. The van der Waals surface area contributed by atoms with Gasteiger partial charge in [-0.05, 0) is 89.8 Å². The smallest absolute Gasteiger partial charge is 0.104 e. The third-order valence-electron chi connectivity index (χ3n) is 9.27. The van der Waals surface area contributed by atoms with Crippen molar-refractivity contribution in [2.24, 2.45) is 0 Å². The molecule has 0 radical (unpaired) electrons. The molecular weight excluding hydrogens is 534 g/mol. The van der Waals surface area contributed by atoms with Crippen molar-refractivity contribution >= 4 is 43.6 Å². The summed E-state index contributed by atoms with van der Waals surface area (Å²) in [6, 6.07) is 51.0. The van der Waals surface area contributed by atoms with Gasteiger partial charge >= 0.3 is 0 Å². The van der Waals surface area contributed by atoms with Crippen LogP contribution in [-0.2, 0) is 0 Å². The van der Waals surface area contributed by atoms with Crippen LogP contribution >= 0.6 is 0 Å². The molecule has 0 spiro atoms. The van der Waals surface area contributed by atoms with Gasteiger partial charge in [-0.3, -0.25) is 0 Å². The number of aromatic nitrogens is 2. The maximum atomic E-state index is 3.60. The normalized spacial score (nSPS) is 15.0. The fourth-order valence-electron chi connectivity index (χ4n) is 7.19. The van der Waals surface area contributed by atoms with Gasteiger partial charge in [0.15, 0.2) is 0 Å². The first-order valence-electron chi connectivity index (χ1n) is 15.5. The number of fused-ring (bicyclic) bond motifs is 6. The summed E-state index contributed by atoms with van der Waals surface area (Å²) in [5.41, 5.74) is 11.1. The summed E-state index contributed by atoms with van der Waals surface area (Å²) in [6.45, 7) is 0. The van der Waals surface area contributed by atoms with Crippen LogP contribution < -0.4 is 5.32 Å². The number of para-hydroxylation sites is 2. The van der Waals surface area contributed by atoms with Crippen molar-refractivity contribution in [3.05, 3.63) is 152 Å². The van der Waals surface area contributed by atoms with Gasteiger partial charge in [0.05, 0.1) is 22.1 Å². The Morgan fingerprint density at radius 1 is 0.477 bits per heavy atom. The molecule has 1 atom stereocenters. The monoisotopic (exact) mass is 565 g/mol. The number of nitrogens with one attached hydrogen (secondary N) is 1. The predicted molar refractivity (Wildman–Crippen MR) is 185 cm³/mol. The van der Waals surface area contributed by atoms with Crippen molar-refractivity contribution < 1.29 is 0 Å². The molecule has 1 N–H and O–H groups in total. The molecule has 1 aliphatic rings. The van der Waals surface area contributed by atoms with Crippen LogP contribution in [0.2, 0.25) is 0 Å². The first-order chi connectivity index (χ1) is 21.8. The lowest BCUT2D eigenvalue weighted by atomic mass is 10.0. The standard InChI is InChI=1S/C41H31N3/c1-2-10-28(11-3-1)29-17-21-32(22-18-29)43-37-14-6-4-12-33(37)35-26-30(19-23-39(35)43)31-20-24-40-36(27-31)34-13-5-7-15-38(34)44(40)41-16-8-9-25-42-41/h1-7,9-15,17-27,41-42H,8,16H2. The second-order valence-corrected chi connectivity index (χ2v) is 11.8. The molecule has 0 saturated heterocycles. The number of hydrogen-bond acceptors (Lipinski definition) is 1. The zero-order chi connectivity index (χ0) is 29.0. The second-order valence-electron chi connectivity index (χ2n) is 11.8. The molecule has 9 rings (SSSR count). The highest BCUT2D eigenvalue weighted by Crippen LogP contribution is 2.38. The van der Waals surface area contributed by atoms with Crippen LogP contribution in [0.4, 0.5) is 0 Å². The van der Waals surface area contributed by atoms with E-state index in [0.717, 1.165) is 12.8 Å². The van der Waals surface area contributed by atoms with Gasteiger partial charge in [0, 0.05) is 27.2 Å². The zero-order valence-electron chi connectivity index (χ0n) is 24.3. The van der Waals surface area contributed by atoms with Crippen LogP contribution in [-0.4, -0.2) is 9.13 Å². The van der Waals surface area contributed by atoms with Crippen molar-refractivity contribution in [1.82, 2.24) is 14.5 Å². The van der Waals surface area contributed by atoms with Crippen LogP contribution in [0.1, 0.15) is 19.0 Å². The molecule has 0 amide bonds. The van der Waals surface area contributed by atoms with Crippen molar-refractivity contribution in [2.45, 2.75) is 19.0 Å². The minimum Gasteiger partial charge on any atom is -0.371 e. The summed E-state index contributed by atoms with van der Waals surface area (Å²) >= 11 is 0. The van der Waals surface area contributed by atoms with E-state index < -0.39 is 0 Å². The van der Waals surface area contributed by atoms with Crippen LogP contribution in [0.15, 0.2) is 152 Å². The molecule has 3 heteroatoms. The molecule has 210 valence electrons. The molecule has 0 aliphatic carbocycles. The van der Waals surface area contributed by atoms with Crippen LogP contribution in [0, 0.1) is 0 Å². The highest BCUT2D eigenvalue weighted by molar-refractivity contribution is 6.12. The molecule has 8 aromatic rings. The SMILES string of the molecule is C1=CNC(n2c3ccccc3c3cc(-c4ccc5c(c4)c4ccccc4n5-c4ccc(-c5ccccc5)cc4)ccc32)CC1. The van der Waals surface area contributed by atoms with E-state index in [1.807, 2.05) is 0 Å². The van der Waals surface area contributed by atoms with Gasteiger partial charge in [0.25, 0.3) is 0 Å². The Kier molecular flexibility index (Phi) is 5.70. The lowest BCUT2D eigenvalue weighted by Crippen LogP contribution is -2.24. The first kappa shape index (κ1) is 25.0. The Morgan fingerprint density at radius 2 is 1.02 bits per heavy atom. The lowest BCUT2D eigenvalue weighted by Gasteiger charge is -2.24. The van der Waals surface area contributed by atoms with E-state index in [-0.39, 0.29) is 6.17 Å². The van der Waals surface area contributed by atoms with Crippen LogP contribution in [0.25, 0.3) is 71.6 Å². The second kappa shape index (κ2) is 10.0. The molecule has 0 saturated carbocycles. The molecule has 3 nitrogen and oxygen atoms in total. The fraction of sp³-hybridized carbons (Fsp3) is 0.0732. The van der Waals surface area contributed by atoms with E-state index in [1.54, 1.807) is 0 Å². The van der Waals surface area contributed by atoms with E-state index in [9.17, 15) is 0 Å². The number of nitrogens with zero attached hydrogens (tertiary/aromatic N) is 2. The van der Waals surface area contributed by atoms with Gasteiger partial charge in [-0.2, -0.15) is 0 Å². The fourth-order valence-corrected chi connectivity index (χ4v) is 7.19. The molecule has 0 bridgehead atoms. The van der Waals surface area contributed by atoms with Crippen molar-refractivity contribution in [3.63, 3.8) is 0 Å². The van der Waals surface area contributed by atoms with Gasteiger partial charge in [-0.25, -0.2) is 0 Å². The van der Waals surface area contributed by atoms with Crippen LogP contribution in [0.3, 0.4) is 0 Å². The van der Waals surface area contributed by atoms with E-state index in [4.69, 9.17) is 0 Å². The number of benzene rings is 6. The third kappa shape index (κ3) is 3.90. The summed E-state index contributed by atoms with van der Waals surface area (Å²) < 4.78 is 4.88. The Bertz CT molecular complexity index is 2350. The average Bonchev–Trinajstić information content (AvgIpc) is 3.61. The number of rotatable bonds is 4. The molecule has 6 aromatic carbocycles. The topological polar surface area (TPSA) is 21.9 Å². The molecule has 3 heterocycles. The van der Waals surface area contributed by atoms with E-state index >= 15 is 0 Å². The number of hydrogen-bond donors (Lipinski definition) is 1. The highest BCUT2D eigenvalue weighted by Gasteiger charge is 2.19. The summed E-state index contributed by atoms with van der Waals surface area (Å²) in [6.07, 6.45) is 6.76. The van der Waals surface area contributed by atoms with Gasteiger partial charge in [0.1, 0.15) is 6.17 Å². The Labute approximate surface area is 256 Å². The summed E-state index contributed by atoms with van der Waals surface area (Å²) in [5.74, 6) is 0. The van der Waals surface area contributed by atoms with Crippen molar-refractivity contribution in [3.8, 4) is 27.9 Å². The Hall–Kier alpha value is -5.54. The van der Waals surface area contributed by atoms with Gasteiger partial charge in [-0.1, -0.05) is 97.1 Å². The minimum atomic E-state index is 0.262. The van der Waals surface area contributed by atoms with Gasteiger partial charge in [0.2, 0.25) is 0 Å². The molecule has 2 aromatic heterocycles. The minimum absolute atomic E-state index is 0.262. The molecule has 44 heavy (non-hydrogen) atoms. The maximum Gasteiger partial charge on any atom is 0.104 e. The van der Waals surface area contributed by atoms with Gasteiger partial charge in [-0.15, -0.1) is 0 Å². The summed E-state index contributed by atoms with van der Waals surface area (Å²) in [4.78, 5) is 0.